The van der Waals surface area contributed by atoms with E-state index in [4.69, 9.17) is 9.84 Å². The Labute approximate surface area is 138 Å². The van der Waals surface area contributed by atoms with Crippen molar-refractivity contribution in [2.24, 2.45) is 0 Å². The van der Waals surface area contributed by atoms with Gasteiger partial charge in [-0.25, -0.2) is 0 Å². The smallest absolute Gasteiger partial charge is 0.122 e. The molecule has 0 amide bonds. The molecule has 1 aliphatic carbocycles. The van der Waals surface area contributed by atoms with Gasteiger partial charge in [0.25, 0.3) is 0 Å². The Morgan fingerprint density at radius 2 is 1.87 bits per heavy atom. The second-order valence-corrected chi connectivity index (χ2v) is 6.58. The first-order valence-electron chi connectivity index (χ1n) is 8.73. The summed E-state index contributed by atoms with van der Waals surface area (Å²) >= 11 is 0. The second-order valence-electron chi connectivity index (χ2n) is 6.58. The molecular weight excluding hydrogens is 292 g/mol. The van der Waals surface area contributed by atoms with E-state index in [1.165, 1.54) is 17.5 Å². The van der Waals surface area contributed by atoms with Crippen molar-refractivity contribution in [1.82, 2.24) is 9.80 Å². The lowest BCUT2D eigenvalue weighted by Gasteiger charge is -2.35. The van der Waals surface area contributed by atoms with Crippen LogP contribution in [0.25, 0.3) is 0 Å². The first kappa shape index (κ1) is 16.7. The molecule has 5 heteroatoms. The summed E-state index contributed by atoms with van der Waals surface area (Å²) in [5, 5.41) is 19.2. The number of hydrogen-bond donors (Lipinski definition) is 2. The van der Waals surface area contributed by atoms with Gasteiger partial charge in [0.05, 0.1) is 6.61 Å². The normalized spacial score (nSPS) is 20.4. The maximum absolute atomic E-state index is 10.3. The summed E-state index contributed by atoms with van der Waals surface area (Å²) in [7, 11) is 0. The summed E-state index contributed by atoms with van der Waals surface area (Å²) in [4.78, 5) is 4.53. The Morgan fingerprint density at radius 3 is 2.65 bits per heavy atom. The Kier molecular flexibility index (Phi) is 5.89. The lowest BCUT2D eigenvalue weighted by atomic mass is 10.1. The van der Waals surface area contributed by atoms with Gasteiger partial charge in [0.1, 0.15) is 18.5 Å². The molecule has 1 aliphatic heterocycles. The van der Waals surface area contributed by atoms with Crippen LogP contribution in [0.1, 0.15) is 17.5 Å². The number of ether oxygens (including phenoxy) is 1. The number of nitrogens with zero attached hydrogens (tertiary/aromatic N) is 2. The predicted molar refractivity (Wildman–Crippen MR) is 89.9 cm³/mol. The van der Waals surface area contributed by atoms with E-state index < -0.39 is 6.10 Å². The van der Waals surface area contributed by atoms with Crippen molar-refractivity contribution >= 4 is 0 Å². The average molecular weight is 320 g/mol. The summed E-state index contributed by atoms with van der Waals surface area (Å²) in [5.41, 5.74) is 2.73. The number of fused-ring (bicyclic) bond motifs is 1. The maximum Gasteiger partial charge on any atom is 0.122 e. The first-order chi connectivity index (χ1) is 11.3. The lowest BCUT2D eigenvalue weighted by Crippen LogP contribution is -2.49. The van der Waals surface area contributed by atoms with Gasteiger partial charge in [0, 0.05) is 39.3 Å². The molecule has 23 heavy (non-hydrogen) atoms. The number of benzene rings is 1. The van der Waals surface area contributed by atoms with Crippen molar-refractivity contribution in [3.05, 3.63) is 29.3 Å². The topological polar surface area (TPSA) is 56.2 Å². The van der Waals surface area contributed by atoms with Crippen molar-refractivity contribution in [3.8, 4) is 5.75 Å². The van der Waals surface area contributed by atoms with E-state index in [1.54, 1.807) is 0 Å². The van der Waals surface area contributed by atoms with Crippen LogP contribution < -0.4 is 4.74 Å². The molecule has 0 bridgehead atoms. The van der Waals surface area contributed by atoms with Gasteiger partial charge in [-0.05, 0) is 36.5 Å². The third-order valence-corrected chi connectivity index (χ3v) is 4.88. The quantitative estimate of drug-likeness (QED) is 0.767. The largest absolute Gasteiger partial charge is 0.491 e. The maximum atomic E-state index is 10.3. The highest BCUT2D eigenvalue weighted by Gasteiger charge is 2.20. The SMILES string of the molecule is OCCN1CCN(CC(O)COc2cccc3c2CCC3)CC1. The lowest BCUT2D eigenvalue weighted by molar-refractivity contribution is 0.0426. The van der Waals surface area contributed by atoms with Gasteiger partial charge in [-0.2, -0.15) is 0 Å². The van der Waals surface area contributed by atoms with Crippen molar-refractivity contribution in [3.63, 3.8) is 0 Å². The van der Waals surface area contributed by atoms with E-state index in [9.17, 15) is 5.11 Å². The summed E-state index contributed by atoms with van der Waals surface area (Å²) < 4.78 is 5.89. The van der Waals surface area contributed by atoms with Crippen molar-refractivity contribution < 1.29 is 14.9 Å². The Hall–Kier alpha value is -1.14. The summed E-state index contributed by atoms with van der Waals surface area (Å²) in [6, 6.07) is 6.24. The molecule has 0 aromatic heterocycles. The van der Waals surface area contributed by atoms with Gasteiger partial charge in [-0.1, -0.05) is 12.1 Å². The van der Waals surface area contributed by atoms with Gasteiger partial charge >= 0.3 is 0 Å². The highest BCUT2D eigenvalue weighted by Crippen LogP contribution is 2.30. The van der Waals surface area contributed by atoms with Gasteiger partial charge in [-0.3, -0.25) is 9.80 Å². The van der Waals surface area contributed by atoms with Gasteiger partial charge < -0.3 is 14.9 Å². The number of hydrogen-bond acceptors (Lipinski definition) is 5. The average Bonchev–Trinajstić information content (AvgIpc) is 3.04. The summed E-state index contributed by atoms with van der Waals surface area (Å²) in [5.74, 6) is 0.951. The van der Waals surface area contributed by atoms with Crippen LogP contribution >= 0.6 is 0 Å². The van der Waals surface area contributed by atoms with Crippen LogP contribution in [0, 0.1) is 0 Å². The third kappa shape index (κ3) is 4.44. The molecule has 1 aromatic carbocycles. The molecule has 3 rings (SSSR count). The van der Waals surface area contributed by atoms with Crippen LogP contribution in [0.2, 0.25) is 0 Å². The Bertz CT molecular complexity index is 501. The van der Waals surface area contributed by atoms with Crippen LogP contribution in [-0.4, -0.2) is 78.6 Å². The molecule has 1 atom stereocenters. The molecule has 128 valence electrons. The molecular formula is C18H28N2O3. The van der Waals surface area contributed by atoms with Crippen LogP contribution in [0.4, 0.5) is 0 Å². The molecule has 1 aromatic rings. The van der Waals surface area contributed by atoms with Crippen LogP contribution in [0.15, 0.2) is 18.2 Å². The van der Waals surface area contributed by atoms with E-state index >= 15 is 0 Å². The summed E-state index contributed by atoms with van der Waals surface area (Å²) in [6.07, 6.45) is 2.98. The number of piperazine rings is 1. The van der Waals surface area contributed by atoms with Crippen LogP contribution in [-0.2, 0) is 12.8 Å². The molecule has 0 spiro atoms. The van der Waals surface area contributed by atoms with Crippen molar-refractivity contribution in [1.29, 1.82) is 0 Å². The number of aliphatic hydroxyl groups is 2. The van der Waals surface area contributed by atoms with Crippen molar-refractivity contribution in [2.45, 2.75) is 25.4 Å². The Morgan fingerprint density at radius 1 is 1.09 bits per heavy atom. The highest BCUT2D eigenvalue weighted by molar-refractivity contribution is 5.43. The number of aliphatic hydroxyl groups excluding tert-OH is 2. The molecule has 1 unspecified atom stereocenters. The fraction of sp³-hybridized carbons (Fsp3) is 0.667. The second kappa shape index (κ2) is 8.11. The summed E-state index contributed by atoms with van der Waals surface area (Å²) in [6.45, 7) is 5.78. The molecule has 1 heterocycles. The molecule has 5 nitrogen and oxygen atoms in total. The third-order valence-electron chi connectivity index (χ3n) is 4.88. The molecule has 0 radical (unpaired) electrons. The fourth-order valence-electron chi connectivity index (χ4n) is 3.59. The minimum atomic E-state index is -0.461. The molecule has 2 aliphatic rings. The van der Waals surface area contributed by atoms with E-state index in [1.807, 2.05) is 12.1 Å². The van der Waals surface area contributed by atoms with E-state index in [0.717, 1.165) is 51.3 Å². The van der Waals surface area contributed by atoms with E-state index in [-0.39, 0.29) is 6.61 Å². The van der Waals surface area contributed by atoms with Gasteiger partial charge in [0.2, 0.25) is 0 Å². The minimum Gasteiger partial charge on any atom is -0.491 e. The highest BCUT2D eigenvalue weighted by atomic mass is 16.5. The van der Waals surface area contributed by atoms with Crippen LogP contribution in [0.3, 0.4) is 0 Å². The fourth-order valence-corrected chi connectivity index (χ4v) is 3.59. The standard InChI is InChI=1S/C18H28N2O3/c21-12-11-19-7-9-20(10-8-19)13-16(22)14-23-18-6-2-4-15-3-1-5-17(15)18/h2,4,6,16,21-22H,1,3,5,7-14H2. The zero-order chi connectivity index (χ0) is 16.1. The molecule has 1 saturated heterocycles. The monoisotopic (exact) mass is 320 g/mol. The number of aryl methyl sites for hydroxylation is 1. The minimum absolute atomic E-state index is 0.220. The number of rotatable bonds is 7. The zero-order valence-electron chi connectivity index (χ0n) is 13.8. The van der Waals surface area contributed by atoms with Crippen LogP contribution in [0.5, 0.6) is 5.75 Å². The van der Waals surface area contributed by atoms with Crippen molar-refractivity contribution in [2.75, 3.05) is 52.5 Å². The van der Waals surface area contributed by atoms with Gasteiger partial charge in [-0.15, -0.1) is 0 Å². The first-order valence-corrected chi connectivity index (χ1v) is 8.73. The zero-order valence-corrected chi connectivity index (χ0v) is 13.8. The van der Waals surface area contributed by atoms with E-state index in [2.05, 4.69) is 15.9 Å². The Balaban J connectivity index is 1.42. The van der Waals surface area contributed by atoms with Gasteiger partial charge in [0.15, 0.2) is 0 Å². The van der Waals surface area contributed by atoms with E-state index in [0.29, 0.717) is 13.2 Å². The molecule has 1 fully saturated rings. The number of β-amino-alcohol motifs (C(OH)–C–C–N with tert-alkyl or cyclic N) is 2. The molecule has 2 N–H and O–H groups in total. The predicted octanol–water partition coefficient (Wildman–Crippen LogP) is 0.525. The molecule has 0 saturated carbocycles.